The molecule has 6 nitrogen and oxygen atoms in total. The third kappa shape index (κ3) is 55.1. The van der Waals surface area contributed by atoms with Crippen molar-refractivity contribution in [3.63, 3.8) is 0 Å². The molecular weight excluding hydrogens is 841 g/mol. The normalized spacial score (nSPS) is 12.0. The first kappa shape index (κ1) is 66.2. The lowest BCUT2D eigenvalue weighted by atomic mass is 10.0. The molecule has 0 bridgehead atoms. The lowest BCUT2D eigenvalue weighted by Gasteiger charge is -2.18. The maximum Gasteiger partial charge on any atom is 0.306 e. The highest BCUT2D eigenvalue weighted by Gasteiger charge is 2.19. The second-order valence-corrected chi connectivity index (χ2v) is 21.0. The summed E-state index contributed by atoms with van der Waals surface area (Å²) in [5.41, 5.74) is 0. The van der Waals surface area contributed by atoms with Gasteiger partial charge in [-0.15, -0.1) is 0 Å². The van der Waals surface area contributed by atoms with Gasteiger partial charge in [0, 0.05) is 19.3 Å². The molecule has 0 fully saturated rings. The van der Waals surface area contributed by atoms with Crippen molar-refractivity contribution in [1.29, 1.82) is 0 Å². The first-order chi connectivity index (χ1) is 33.5. The molecule has 0 spiro atoms. The molecule has 0 saturated heterocycles. The molecule has 0 N–H and O–H groups in total. The van der Waals surface area contributed by atoms with Crippen molar-refractivity contribution in [3.8, 4) is 0 Å². The second kappa shape index (κ2) is 57.7. The minimum absolute atomic E-state index is 0.0665. The first-order valence-electron chi connectivity index (χ1n) is 30.7. The summed E-state index contributed by atoms with van der Waals surface area (Å²) in [4.78, 5) is 38.1. The van der Waals surface area contributed by atoms with E-state index in [1.54, 1.807) is 0 Å². The van der Waals surface area contributed by atoms with Gasteiger partial charge < -0.3 is 14.2 Å². The SMILES string of the molecule is CCCC/C=C\CCCCCCCC(=O)OCC(COC(=O)CCCCCCCCCCCCCCCCCCCCCCCCCC)OC(=O)CCCCCCCCCCCCCCCCC. The maximum atomic E-state index is 12.8. The van der Waals surface area contributed by atoms with Crippen LogP contribution in [0.25, 0.3) is 0 Å². The summed E-state index contributed by atoms with van der Waals surface area (Å²) >= 11 is 0. The Morgan fingerprint density at radius 1 is 0.279 bits per heavy atom. The molecule has 0 rings (SSSR count). The van der Waals surface area contributed by atoms with E-state index < -0.39 is 6.10 Å². The van der Waals surface area contributed by atoms with E-state index in [9.17, 15) is 14.4 Å². The first-order valence-corrected chi connectivity index (χ1v) is 30.7. The molecule has 0 aromatic heterocycles. The zero-order valence-electron chi connectivity index (χ0n) is 46.2. The van der Waals surface area contributed by atoms with Gasteiger partial charge >= 0.3 is 17.9 Å². The van der Waals surface area contributed by atoms with Crippen LogP contribution in [0.15, 0.2) is 12.2 Å². The molecule has 68 heavy (non-hydrogen) atoms. The van der Waals surface area contributed by atoms with Gasteiger partial charge in [-0.3, -0.25) is 14.4 Å². The van der Waals surface area contributed by atoms with Gasteiger partial charge in [-0.1, -0.05) is 303 Å². The van der Waals surface area contributed by atoms with Crippen LogP contribution in [0.4, 0.5) is 0 Å². The molecule has 1 unspecified atom stereocenters. The van der Waals surface area contributed by atoms with Gasteiger partial charge in [0.25, 0.3) is 0 Å². The monoisotopic (exact) mass is 959 g/mol. The number of esters is 3. The van der Waals surface area contributed by atoms with Crippen LogP contribution in [-0.2, 0) is 28.6 Å². The quantitative estimate of drug-likeness (QED) is 0.0262. The molecule has 0 saturated carbocycles. The summed E-state index contributed by atoms with van der Waals surface area (Å²) in [6.07, 6.45) is 66.5. The molecule has 402 valence electrons. The molecule has 0 aliphatic rings. The minimum Gasteiger partial charge on any atom is -0.462 e. The van der Waals surface area contributed by atoms with Gasteiger partial charge in [0.2, 0.25) is 0 Å². The molecule has 0 radical (unpaired) electrons. The topological polar surface area (TPSA) is 78.9 Å². The number of ether oxygens (including phenoxy) is 3. The van der Waals surface area contributed by atoms with Gasteiger partial charge in [-0.2, -0.15) is 0 Å². The Kier molecular flexibility index (Phi) is 56.2. The zero-order chi connectivity index (χ0) is 49.3. The van der Waals surface area contributed by atoms with Crippen molar-refractivity contribution >= 4 is 17.9 Å². The number of carbonyl (C=O) groups is 3. The predicted molar refractivity (Wildman–Crippen MR) is 293 cm³/mol. The molecular formula is C62H118O6. The largest absolute Gasteiger partial charge is 0.462 e. The third-order valence-electron chi connectivity index (χ3n) is 14.0. The van der Waals surface area contributed by atoms with E-state index in [2.05, 4.69) is 32.9 Å². The molecule has 0 aliphatic heterocycles. The van der Waals surface area contributed by atoms with E-state index in [1.807, 2.05) is 0 Å². The molecule has 0 heterocycles. The van der Waals surface area contributed by atoms with Crippen LogP contribution in [-0.4, -0.2) is 37.2 Å². The Labute approximate surface area is 424 Å². The number of hydrogen-bond acceptors (Lipinski definition) is 6. The highest BCUT2D eigenvalue weighted by molar-refractivity contribution is 5.71. The molecule has 0 aromatic rings. The summed E-state index contributed by atoms with van der Waals surface area (Å²) in [6.45, 7) is 6.66. The fourth-order valence-electron chi connectivity index (χ4n) is 9.37. The average Bonchev–Trinajstić information content (AvgIpc) is 3.34. The van der Waals surface area contributed by atoms with Crippen LogP contribution < -0.4 is 0 Å². The van der Waals surface area contributed by atoms with Crippen molar-refractivity contribution < 1.29 is 28.6 Å². The summed E-state index contributed by atoms with van der Waals surface area (Å²) < 4.78 is 16.9. The van der Waals surface area contributed by atoms with Crippen molar-refractivity contribution in [3.05, 3.63) is 12.2 Å². The third-order valence-corrected chi connectivity index (χ3v) is 14.0. The van der Waals surface area contributed by atoms with E-state index in [-0.39, 0.29) is 31.1 Å². The van der Waals surface area contributed by atoms with Crippen LogP contribution in [0.2, 0.25) is 0 Å². The van der Waals surface area contributed by atoms with Crippen LogP contribution in [0, 0.1) is 0 Å². The number of hydrogen-bond donors (Lipinski definition) is 0. The summed E-state index contributed by atoms with van der Waals surface area (Å²) in [7, 11) is 0. The molecule has 0 aliphatic carbocycles. The smallest absolute Gasteiger partial charge is 0.306 e. The Morgan fingerprint density at radius 3 is 0.779 bits per heavy atom. The van der Waals surface area contributed by atoms with Gasteiger partial charge in [0.05, 0.1) is 0 Å². The fraction of sp³-hybridized carbons (Fsp3) is 0.919. The van der Waals surface area contributed by atoms with Crippen molar-refractivity contribution in [2.75, 3.05) is 13.2 Å². The Morgan fingerprint density at radius 2 is 0.500 bits per heavy atom. The number of unbranched alkanes of at least 4 members (excludes halogenated alkanes) is 44. The summed E-state index contributed by atoms with van der Waals surface area (Å²) in [5, 5.41) is 0. The van der Waals surface area contributed by atoms with E-state index >= 15 is 0 Å². The van der Waals surface area contributed by atoms with E-state index in [0.717, 1.165) is 64.2 Å². The van der Waals surface area contributed by atoms with E-state index in [4.69, 9.17) is 14.2 Å². The number of carbonyl (C=O) groups excluding carboxylic acids is 3. The second-order valence-electron chi connectivity index (χ2n) is 21.0. The van der Waals surface area contributed by atoms with Crippen molar-refractivity contribution in [2.45, 2.75) is 354 Å². The van der Waals surface area contributed by atoms with Gasteiger partial charge in [-0.25, -0.2) is 0 Å². The Bertz CT molecular complexity index is 1060. The van der Waals surface area contributed by atoms with Crippen LogP contribution in [0.1, 0.15) is 348 Å². The van der Waals surface area contributed by atoms with E-state index in [1.165, 1.54) is 244 Å². The zero-order valence-corrected chi connectivity index (χ0v) is 46.2. The lowest BCUT2D eigenvalue weighted by Crippen LogP contribution is -2.30. The van der Waals surface area contributed by atoms with Gasteiger partial charge in [-0.05, 0) is 38.5 Å². The van der Waals surface area contributed by atoms with Crippen LogP contribution in [0.3, 0.4) is 0 Å². The van der Waals surface area contributed by atoms with Crippen molar-refractivity contribution in [1.82, 2.24) is 0 Å². The molecule has 0 aromatic carbocycles. The predicted octanol–water partition coefficient (Wildman–Crippen LogP) is 20.5. The Hall–Kier alpha value is -1.85. The van der Waals surface area contributed by atoms with Crippen LogP contribution >= 0.6 is 0 Å². The Balaban J connectivity index is 4.17. The van der Waals surface area contributed by atoms with E-state index in [0.29, 0.717) is 19.3 Å². The van der Waals surface area contributed by atoms with Crippen LogP contribution in [0.5, 0.6) is 0 Å². The highest BCUT2D eigenvalue weighted by atomic mass is 16.6. The van der Waals surface area contributed by atoms with Crippen molar-refractivity contribution in [2.24, 2.45) is 0 Å². The summed E-state index contributed by atoms with van der Waals surface area (Å²) in [5.74, 6) is -0.851. The summed E-state index contributed by atoms with van der Waals surface area (Å²) in [6, 6.07) is 0. The lowest BCUT2D eigenvalue weighted by molar-refractivity contribution is -0.167. The fourth-order valence-corrected chi connectivity index (χ4v) is 9.37. The standard InChI is InChI=1S/C62H118O6/c1-4-7-10-13-16-19-22-24-26-27-28-29-30-31-32-33-34-36-37-40-43-46-49-52-55-61(64)67-58-59(57-66-60(63)54-51-48-45-42-39-21-18-15-12-9-6-3)68-62(65)56-53-50-47-44-41-38-35-25-23-20-17-14-11-8-5-2/h15,18,59H,4-14,16-17,19-58H2,1-3H3/b18-15-. The van der Waals surface area contributed by atoms with Gasteiger partial charge in [0.1, 0.15) is 13.2 Å². The highest BCUT2D eigenvalue weighted by Crippen LogP contribution is 2.18. The molecule has 6 heteroatoms. The average molecular weight is 960 g/mol. The molecule has 1 atom stereocenters. The maximum absolute atomic E-state index is 12.8. The number of rotatable bonds is 57. The number of allylic oxidation sites excluding steroid dienone is 2. The molecule has 0 amide bonds. The minimum atomic E-state index is -0.767. The van der Waals surface area contributed by atoms with Gasteiger partial charge in [0.15, 0.2) is 6.10 Å².